The van der Waals surface area contributed by atoms with Crippen LogP contribution < -0.4 is 52.4 Å². The second-order valence-electron chi connectivity index (χ2n) is 26.9. The van der Waals surface area contributed by atoms with Crippen molar-refractivity contribution in [1.82, 2.24) is 0 Å². The second kappa shape index (κ2) is 22.3. The third-order valence-electron chi connectivity index (χ3n) is 21.7. The lowest BCUT2D eigenvalue weighted by molar-refractivity contribution is 1.23. The fourth-order valence-corrected chi connectivity index (χ4v) is 17.8. The van der Waals surface area contributed by atoms with Gasteiger partial charge in [0.25, 0.3) is 13.4 Å². The first-order valence-electron chi connectivity index (χ1n) is 34.8. The Labute approximate surface area is 582 Å². The van der Waals surface area contributed by atoms with E-state index in [-0.39, 0.29) is 13.4 Å². The highest BCUT2D eigenvalue weighted by molar-refractivity contribution is 7.03. The summed E-state index contributed by atoms with van der Waals surface area (Å²) in [6, 6.07) is 137. The predicted molar refractivity (Wildman–Crippen MR) is 426 cm³/mol. The fraction of sp³-hybridized carbons (Fsp3) is 0. The molecule has 0 saturated heterocycles. The van der Waals surface area contributed by atoms with Gasteiger partial charge in [-0.1, -0.05) is 273 Å². The van der Waals surface area contributed by atoms with Gasteiger partial charge >= 0.3 is 0 Å². The molecule has 17 aromatic carbocycles. The van der Waals surface area contributed by atoms with Gasteiger partial charge in [0.2, 0.25) is 0 Å². The summed E-state index contributed by atoms with van der Waals surface area (Å²) in [6.45, 7) is -0.337. The Bertz CT molecular complexity index is 5700. The fourth-order valence-electron chi connectivity index (χ4n) is 17.8. The first-order chi connectivity index (χ1) is 49.7. The quantitative estimate of drug-likeness (QED) is 0.111. The smallest absolute Gasteiger partial charge is 0.252 e. The number of hydrogen-bond acceptors (Lipinski definition) is 4. The molecule has 0 aromatic heterocycles. The average molecular weight is 1270 g/mol. The lowest BCUT2D eigenvalue weighted by Crippen LogP contribution is -2.65. The van der Waals surface area contributed by atoms with Crippen LogP contribution in [-0.2, 0) is 0 Å². The summed E-state index contributed by atoms with van der Waals surface area (Å²) in [5.41, 5.74) is 30.9. The number of para-hydroxylation sites is 6. The van der Waals surface area contributed by atoms with E-state index in [9.17, 15) is 0 Å². The molecule has 4 nitrogen and oxygen atoms in total. The Balaban J connectivity index is 0.887. The Kier molecular flexibility index (Phi) is 12.6. The van der Waals surface area contributed by atoms with Crippen LogP contribution in [0.15, 0.2) is 364 Å². The summed E-state index contributed by atoms with van der Waals surface area (Å²) in [4.78, 5) is 10.3. The van der Waals surface area contributed by atoms with Crippen LogP contribution in [0.3, 0.4) is 0 Å². The summed E-state index contributed by atoms with van der Waals surface area (Å²) in [5, 5.41) is 9.75. The van der Waals surface area contributed by atoms with Gasteiger partial charge in [-0.05, 0) is 211 Å². The van der Waals surface area contributed by atoms with Crippen LogP contribution in [0.1, 0.15) is 0 Å². The minimum Gasteiger partial charge on any atom is -0.311 e. The van der Waals surface area contributed by atoms with Crippen molar-refractivity contribution in [2.45, 2.75) is 0 Å². The zero-order chi connectivity index (χ0) is 65.5. The standard InChI is InChI=1S/C94H60B2N4/c1-7-31-61(32-8-1)89-69-43-19-23-47-73(69)91(74-48-24-20-44-70(74)89)63-55-85-93-87(57-63)99(67-39-15-5-16-40-67)83-60-84-80(59-79(83)95(93)77-51-27-29-53-81(77)97(85)65-35-11-3-12-36-65)96-78-52-28-30-54-82(78)98(66-37-13-4-14-38-66)86-56-64(58-88(94(86)96)100(84)68-41-17-6-18-42-68)92-75-49-25-21-45-71(75)90(62-33-9-2-10-34-62)72-46-22-26-50-76(72)92/h1-60H. The van der Waals surface area contributed by atoms with Crippen LogP contribution in [0.5, 0.6) is 0 Å². The highest BCUT2D eigenvalue weighted by Crippen LogP contribution is 2.54. The van der Waals surface area contributed by atoms with Crippen molar-refractivity contribution >= 4 is 158 Å². The van der Waals surface area contributed by atoms with Crippen molar-refractivity contribution in [3.63, 3.8) is 0 Å². The number of fused-ring (bicyclic) bond motifs is 12. The molecule has 17 aromatic rings. The summed E-state index contributed by atoms with van der Waals surface area (Å²) in [5.74, 6) is 0. The molecule has 0 unspecified atom stereocenters. The average Bonchev–Trinajstić information content (AvgIpc) is 0.683. The topological polar surface area (TPSA) is 13.0 Å². The molecule has 0 fully saturated rings. The molecular formula is C94H60B2N4. The maximum absolute atomic E-state index is 2.66. The first-order valence-corrected chi connectivity index (χ1v) is 34.8. The molecule has 0 radical (unpaired) electrons. The van der Waals surface area contributed by atoms with E-state index in [1.807, 2.05) is 0 Å². The van der Waals surface area contributed by atoms with E-state index >= 15 is 0 Å². The summed E-state index contributed by atoms with van der Waals surface area (Å²) >= 11 is 0. The van der Waals surface area contributed by atoms with Crippen LogP contribution >= 0.6 is 0 Å². The van der Waals surface area contributed by atoms with E-state index in [0.717, 1.165) is 68.0 Å². The largest absolute Gasteiger partial charge is 0.311 e. The van der Waals surface area contributed by atoms with Crippen LogP contribution in [-0.4, -0.2) is 13.4 Å². The molecule has 100 heavy (non-hydrogen) atoms. The van der Waals surface area contributed by atoms with E-state index in [1.54, 1.807) is 0 Å². The number of rotatable bonds is 8. The molecule has 0 spiro atoms. The van der Waals surface area contributed by atoms with Crippen molar-refractivity contribution < 1.29 is 0 Å². The van der Waals surface area contributed by atoms with Crippen molar-refractivity contribution in [2.75, 3.05) is 19.6 Å². The van der Waals surface area contributed by atoms with Gasteiger partial charge in [0.15, 0.2) is 0 Å². The van der Waals surface area contributed by atoms with Gasteiger partial charge in [-0.15, -0.1) is 0 Å². The third kappa shape index (κ3) is 8.31. The van der Waals surface area contributed by atoms with Gasteiger partial charge in [-0.2, -0.15) is 0 Å². The normalized spacial score (nSPS) is 13.1. The van der Waals surface area contributed by atoms with E-state index in [1.165, 1.54) is 121 Å². The number of nitrogens with zero attached hydrogens (tertiary/aromatic N) is 4. The summed E-state index contributed by atoms with van der Waals surface area (Å²) in [6.07, 6.45) is 0. The number of anilines is 12. The molecule has 4 aliphatic rings. The van der Waals surface area contributed by atoms with E-state index in [2.05, 4.69) is 384 Å². The Hall–Kier alpha value is -12.9. The van der Waals surface area contributed by atoms with E-state index < -0.39 is 0 Å². The van der Waals surface area contributed by atoms with Gasteiger partial charge in [0.05, 0.1) is 0 Å². The van der Waals surface area contributed by atoms with Crippen LogP contribution in [0.2, 0.25) is 0 Å². The molecule has 6 heteroatoms. The van der Waals surface area contributed by atoms with E-state index in [4.69, 9.17) is 0 Å². The molecule has 0 atom stereocenters. The zero-order valence-electron chi connectivity index (χ0n) is 54.6. The SMILES string of the molecule is c1ccc(-c2c3ccccc3c(-c3cc4c5c(c3)N(c3ccccc3)c3cc6c(cc3B5c3ccccc3N4c3ccccc3)B3c4ccccc4N(c4ccccc4)c4cc(-c5c7ccccc7c(-c7ccccc7)c7ccccc57)cc(c43)N6c3ccccc3)c3ccccc23)cc1. The maximum atomic E-state index is 2.66. The third-order valence-corrected chi connectivity index (χ3v) is 21.7. The lowest BCUT2D eigenvalue weighted by Gasteiger charge is -2.47. The molecule has 4 aliphatic heterocycles. The van der Waals surface area contributed by atoms with Crippen LogP contribution in [0.25, 0.3) is 87.6 Å². The highest BCUT2D eigenvalue weighted by Gasteiger charge is 2.49. The Morgan fingerprint density at radius 1 is 0.160 bits per heavy atom. The minimum absolute atomic E-state index is 0.169. The van der Waals surface area contributed by atoms with Gasteiger partial charge in [-0.25, -0.2) is 0 Å². The highest BCUT2D eigenvalue weighted by atomic mass is 15.2. The molecule has 0 amide bonds. The molecular weight excluding hydrogens is 1210 g/mol. The monoisotopic (exact) mass is 1270 g/mol. The van der Waals surface area contributed by atoms with Crippen molar-refractivity contribution in [3.8, 4) is 44.5 Å². The summed E-state index contributed by atoms with van der Waals surface area (Å²) in [7, 11) is 0. The minimum atomic E-state index is -0.169. The van der Waals surface area contributed by atoms with Crippen LogP contribution in [0.4, 0.5) is 68.2 Å². The number of hydrogen-bond donors (Lipinski definition) is 0. The van der Waals surface area contributed by atoms with Crippen molar-refractivity contribution in [3.05, 3.63) is 364 Å². The molecule has 0 bridgehead atoms. The maximum Gasteiger partial charge on any atom is 0.252 e. The molecule has 0 saturated carbocycles. The van der Waals surface area contributed by atoms with Crippen molar-refractivity contribution in [1.29, 1.82) is 0 Å². The lowest BCUT2D eigenvalue weighted by atomic mass is 9.30. The second-order valence-corrected chi connectivity index (χ2v) is 26.9. The first kappa shape index (κ1) is 56.3. The van der Waals surface area contributed by atoms with Crippen LogP contribution in [0, 0.1) is 0 Å². The molecule has 462 valence electrons. The van der Waals surface area contributed by atoms with Gasteiger partial charge in [-0.3, -0.25) is 0 Å². The predicted octanol–water partition coefficient (Wildman–Crippen LogP) is 21.1. The Morgan fingerprint density at radius 2 is 0.390 bits per heavy atom. The summed E-state index contributed by atoms with van der Waals surface area (Å²) < 4.78 is 0. The Morgan fingerprint density at radius 3 is 0.680 bits per heavy atom. The van der Waals surface area contributed by atoms with E-state index in [0.29, 0.717) is 0 Å². The molecule has 4 heterocycles. The van der Waals surface area contributed by atoms with Gasteiger partial charge in [0.1, 0.15) is 0 Å². The van der Waals surface area contributed by atoms with Gasteiger partial charge < -0.3 is 19.6 Å². The van der Waals surface area contributed by atoms with Gasteiger partial charge in [0, 0.05) is 68.2 Å². The molecule has 0 N–H and O–H groups in total. The molecule has 0 aliphatic carbocycles. The number of benzene rings is 17. The molecule has 21 rings (SSSR count). The van der Waals surface area contributed by atoms with Crippen molar-refractivity contribution in [2.24, 2.45) is 0 Å². The zero-order valence-corrected chi connectivity index (χ0v) is 54.6.